The first-order valence-electron chi connectivity index (χ1n) is 4.16. The molecule has 0 aromatic rings. The Bertz CT molecular complexity index is 253. The third kappa shape index (κ3) is 1.78. The summed E-state index contributed by atoms with van der Waals surface area (Å²) in [6.45, 7) is 3.84. The van der Waals surface area contributed by atoms with Gasteiger partial charge in [0.1, 0.15) is 4.87 Å². The Morgan fingerprint density at radius 1 is 1.75 bits per heavy atom. The quantitative estimate of drug-likeness (QED) is 0.604. The minimum Gasteiger partial charge on any atom is -0.297 e. The van der Waals surface area contributed by atoms with Crippen LogP contribution in [0.5, 0.6) is 0 Å². The average molecular weight is 185 g/mol. The lowest BCUT2D eigenvalue weighted by Crippen LogP contribution is -2.30. The fraction of sp³-hybridized carbons (Fsp3) is 0.500. The number of carbonyl (C=O) groups is 1. The number of rotatable bonds is 2. The van der Waals surface area contributed by atoms with Crippen LogP contribution in [0.1, 0.15) is 26.7 Å². The standard InChI is InChI=1S/C10H13ClO/c1-3-9(12)10(11)6-4-8(2)5-7-10/h4-6H,3,7H2,1-2H3. The highest BCUT2D eigenvalue weighted by Crippen LogP contribution is 2.29. The van der Waals surface area contributed by atoms with Crippen molar-refractivity contribution < 1.29 is 4.79 Å². The lowest BCUT2D eigenvalue weighted by Gasteiger charge is -2.22. The highest BCUT2D eigenvalue weighted by Gasteiger charge is 2.31. The summed E-state index contributed by atoms with van der Waals surface area (Å²) < 4.78 is 0. The molecule has 0 aromatic carbocycles. The molecule has 1 aliphatic rings. The number of hydrogen-bond donors (Lipinski definition) is 0. The highest BCUT2D eigenvalue weighted by atomic mass is 35.5. The van der Waals surface area contributed by atoms with E-state index >= 15 is 0 Å². The second kappa shape index (κ2) is 3.44. The van der Waals surface area contributed by atoms with Crippen molar-refractivity contribution in [2.45, 2.75) is 31.6 Å². The Morgan fingerprint density at radius 2 is 2.42 bits per heavy atom. The van der Waals surface area contributed by atoms with E-state index in [1.807, 2.05) is 26.0 Å². The average Bonchev–Trinajstić information content (AvgIpc) is 2.09. The van der Waals surface area contributed by atoms with Gasteiger partial charge >= 0.3 is 0 Å². The molecule has 0 aliphatic heterocycles. The lowest BCUT2D eigenvalue weighted by molar-refractivity contribution is -0.120. The minimum atomic E-state index is -0.756. The lowest BCUT2D eigenvalue weighted by atomic mass is 9.91. The van der Waals surface area contributed by atoms with Gasteiger partial charge < -0.3 is 0 Å². The van der Waals surface area contributed by atoms with Crippen LogP contribution in [0.4, 0.5) is 0 Å². The second-order valence-electron chi connectivity index (χ2n) is 3.12. The van der Waals surface area contributed by atoms with Crippen molar-refractivity contribution in [2.75, 3.05) is 0 Å². The number of alkyl halides is 1. The van der Waals surface area contributed by atoms with E-state index in [4.69, 9.17) is 11.6 Å². The molecule has 1 unspecified atom stereocenters. The van der Waals surface area contributed by atoms with Crippen molar-refractivity contribution in [1.29, 1.82) is 0 Å². The van der Waals surface area contributed by atoms with Crippen molar-refractivity contribution in [3.8, 4) is 0 Å². The van der Waals surface area contributed by atoms with Gasteiger partial charge in [0.05, 0.1) is 0 Å². The summed E-state index contributed by atoms with van der Waals surface area (Å²) in [7, 11) is 0. The largest absolute Gasteiger partial charge is 0.297 e. The summed E-state index contributed by atoms with van der Waals surface area (Å²) in [5, 5.41) is 0. The van der Waals surface area contributed by atoms with E-state index in [1.165, 1.54) is 5.57 Å². The van der Waals surface area contributed by atoms with Gasteiger partial charge in [-0.25, -0.2) is 0 Å². The summed E-state index contributed by atoms with van der Waals surface area (Å²) >= 11 is 6.11. The summed E-state index contributed by atoms with van der Waals surface area (Å²) in [5.41, 5.74) is 1.18. The minimum absolute atomic E-state index is 0.101. The number of Topliss-reactive ketones (excluding diaryl/α,β-unsaturated/α-hetero) is 1. The van der Waals surface area contributed by atoms with Crippen LogP contribution in [0.3, 0.4) is 0 Å². The summed E-state index contributed by atoms with van der Waals surface area (Å²) in [4.78, 5) is 10.6. The Labute approximate surface area is 78.1 Å². The zero-order valence-corrected chi connectivity index (χ0v) is 8.19. The predicted octanol–water partition coefficient (Wildman–Crippen LogP) is 2.85. The number of carbonyl (C=O) groups excluding carboxylic acids is 1. The van der Waals surface area contributed by atoms with Crippen LogP contribution in [0.15, 0.2) is 23.8 Å². The van der Waals surface area contributed by atoms with Gasteiger partial charge in [-0.05, 0) is 13.3 Å². The van der Waals surface area contributed by atoms with Crippen molar-refractivity contribution in [3.05, 3.63) is 23.8 Å². The molecule has 0 amide bonds. The maximum Gasteiger partial charge on any atom is 0.157 e. The molecule has 12 heavy (non-hydrogen) atoms. The third-order valence-corrected chi connectivity index (χ3v) is 2.61. The zero-order valence-electron chi connectivity index (χ0n) is 7.43. The smallest absolute Gasteiger partial charge is 0.157 e. The van der Waals surface area contributed by atoms with Crippen LogP contribution in [0.2, 0.25) is 0 Å². The number of hydrogen-bond acceptors (Lipinski definition) is 1. The molecule has 0 saturated heterocycles. The number of allylic oxidation sites excluding steroid dienone is 4. The summed E-state index contributed by atoms with van der Waals surface area (Å²) in [6, 6.07) is 0. The Hall–Kier alpha value is -0.560. The molecule has 66 valence electrons. The van der Waals surface area contributed by atoms with E-state index in [0.717, 1.165) is 0 Å². The van der Waals surface area contributed by atoms with Gasteiger partial charge in [0.2, 0.25) is 0 Å². The van der Waals surface area contributed by atoms with E-state index < -0.39 is 4.87 Å². The molecule has 0 fully saturated rings. The van der Waals surface area contributed by atoms with Crippen molar-refractivity contribution in [2.24, 2.45) is 0 Å². The van der Waals surface area contributed by atoms with Gasteiger partial charge in [-0.3, -0.25) is 4.79 Å². The molecular formula is C10H13ClO. The fourth-order valence-electron chi connectivity index (χ4n) is 1.21. The maximum atomic E-state index is 11.4. The molecule has 0 aromatic heterocycles. The van der Waals surface area contributed by atoms with Crippen LogP contribution >= 0.6 is 11.6 Å². The van der Waals surface area contributed by atoms with Crippen LogP contribution in [-0.2, 0) is 4.79 Å². The van der Waals surface area contributed by atoms with Crippen molar-refractivity contribution in [3.63, 3.8) is 0 Å². The molecule has 1 atom stereocenters. The molecule has 0 bridgehead atoms. The van der Waals surface area contributed by atoms with Crippen LogP contribution in [-0.4, -0.2) is 10.7 Å². The SMILES string of the molecule is CCC(=O)C1(Cl)C=CC(C)=CC1. The monoisotopic (exact) mass is 184 g/mol. The van der Waals surface area contributed by atoms with Gasteiger partial charge in [0, 0.05) is 6.42 Å². The van der Waals surface area contributed by atoms with E-state index in [-0.39, 0.29) is 5.78 Å². The normalized spacial score (nSPS) is 28.4. The Morgan fingerprint density at radius 3 is 2.83 bits per heavy atom. The topological polar surface area (TPSA) is 17.1 Å². The van der Waals surface area contributed by atoms with Crippen LogP contribution in [0, 0.1) is 0 Å². The molecule has 0 spiro atoms. The highest BCUT2D eigenvalue weighted by molar-refractivity contribution is 6.37. The second-order valence-corrected chi connectivity index (χ2v) is 3.80. The van der Waals surface area contributed by atoms with Gasteiger partial charge in [0.25, 0.3) is 0 Å². The van der Waals surface area contributed by atoms with Gasteiger partial charge in [0.15, 0.2) is 5.78 Å². The molecule has 1 aliphatic carbocycles. The first-order valence-corrected chi connectivity index (χ1v) is 4.54. The van der Waals surface area contributed by atoms with Gasteiger partial charge in [-0.1, -0.05) is 30.7 Å². The van der Waals surface area contributed by atoms with Crippen molar-refractivity contribution >= 4 is 17.4 Å². The fourth-order valence-corrected chi connectivity index (χ4v) is 1.48. The Kier molecular flexibility index (Phi) is 2.73. The molecule has 0 radical (unpaired) electrons. The van der Waals surface area contributed by atoms with Gasteiger partial charge in [-0.2, -0.15) is 0 Å². The first-order chi connectivity index (χ1) is 5.58. The molecule has 1 rings (SSSR count). The number of halogens is 1. The third-order valence-electron chi connectivity index (χ3n) is 2.12. The molecular weight excluding hydrogens is 172 g/mol. The predicted molar refractivity (Wildman–Crippen MR) is 51.4 cm³/mol. The van der Waals surface area contributed by atoms with E-state index in [0.29, 0.717) is 12.8 Å². The van der Waals surface area contributed by atoms with Crippen LogP contribution < -0.4 is 0 Å². The molecule has 0 N–H and O–H groups in total. The summed E-state index contributed by atoms with van der Waals surface area (Å²) in [6.07, 6.45) is 6.84. The zero-order chi connectivity index (χ0) is 9.19. The number of ketones is 1. The Balaban J connectivity index is 2.78. The summed E-state index contributed by atoms with van der Waals surface area (Å²) in [5.74, 6) is 0.101. The molecule has 0 heterocycles. The van der Waals surface area contributed by atoms with Gasteiger partial charge in [-0.15, -0.1) is 11.6 Å². The first kappa shape index (κ1) is 9.53. The molecule has 2 heteroatoms. The molecule has 0 saturated carbocycles. The maximum absolute atomic E-state index is 11.4. The van der Waals surface area contributed by atoms with E-state index in [2.05, 4.69) is 0 Å². The van der Waals surface area contributed by atoms with E-state index in [9.17, 15) is 4.79 Å². The van der Waals surface area contributed by atoms with Crippen LogP contribution in [0.25, 0.3) is 0 Å². The van der Waals surface area contributed by atoms with Crippen molar-refractivity contribution in [1.82, 2.24) is 0 Å². The van der Waals surface area contributed by atoms with E-state index in [1.54, 1.807) is 6.08 Å². The molecule has 1 nitrogen and oxygen atoms in total.